The Morgan fingerprint density at radius 3 is 2.67 bits per heavy atom. The lowest BCUT2D eigenvalue weighted by Crippen LogP contribution is -2.40. The number of nitrogens with zero attached hydrogens (tertiary/aromatic N) is 2. The number of carbonyl (C=O) groups excluding carboxylic acids is 1. The van der Waals surface area contributed by atoms with Gasteiger partial charge in [-0.2, -0.15) is 0 Å². The van der Waals surface area contributed by atoms with Crippen molar-refractivity contribution < 1.29 is 9.72 Å². The highest BCUT2D eigenvalue weighted by molar-refractivity contribution is 5.98. The first-order valence-corrected chi connectivity index (χ1v) is 7.22. The normalized spacial score (nSPS) is 16.0. The van der Waals surface area contributed by atoms with E-state index in [1.54, 1.807) is 30.0 Å². The molecular weight excluding hydrogens is 270 g/mol. The number of nitro groups is 1. The standard InChI is InChI=1S/C15H21N3O3/c1-11-4-3-5-13(14(11)18(20)21)15(19)17-8-6-12(7-9-17)10-16-2/h3-5,12,16H,6-10H2,1-2H3. The molecule has 2 rings (SSSR count). The van der Waals surface area contributed by atoms with Crippen LogP contribution in [0, 0.1) is 23.0 Å². The van der Waals surface area contributed by atoms with Gasteiger partial charge < -0.3 is 10.2 Å². The highest BCUT2D eigenvalue weighted by Crippen LogP contribution is 2.26. The first-order chi connectivity index (χ1) is 10.0. The average Bonchev–Trinajstić information content (AvgIpc) is 2.47. The molecule has 0 aliphatic carbocycles. The van der Waals surface area contributed by atoms with Crippen molar-refractivity contribution in [2.24, 2.45) is 5.92 Å². The van der Waals surface area contributed by atoms with E-state index in [4.69, 9.17) is 0 Å². The second kappa shape index (κ2) is 6.67. The number of benzene rings is 1. The van der Waals surface area contributed by atoms with Gasteiger partial charge in [0.2, 0.25) is 0 Å². The van der Waals surface area contributed by atoms with Crippen LogP contribution in [0.15, 0.2) is 18.2 Å². The van der Waals surface area contributed by atoms with Crippen molar-refractivity contribution in [3.8, 4) is 0 Å². The quantitative estimate of drug-likeness (QED) is 0.680. The molecule has 1 amide bonds. The van der Waals surface area contributed by atoms with Crippen LogP contribution in [0.25, 0.3) is 0 Å². The Balaban J connectivity index is 2.15. The fraction of sp³-hybridized carbons (Fsp3) is 0.533. The number of rotatable bonds is 4. The van der Waals surface area contributed by atoms with Gasteiger partial charge in [0.1, 0.15) is 5.56 Å². The third kappa shape index (κ3) is 3.39. The minimum absolute atomic E-state index is 0.0696. The lowest BCUT2D eigenvalue weighted by Gasteiger charge is -2.32. The van der Waals surface area contributed by atoms with E-state index in [-0.39, 0.29) is 17.2 Å². The molecule has 0 bridgehead atoms. The summed E-state index contributed by atoms with van der Waals surface area (Å²) < 4.78 is 0. The maximum Gasteiger partial charge on any atom is 0.285 e. The van der Waals surface area contributed by atoms with Crippen LogP contribution in [-0.4, -0.2) is 42.4 Å². The molecule has 0 atom stereocenters. The fourth-order valence-corrected chi connectivity index (χ4v) is 2.87. The maximum atomic E-state index is 12.5. The van der Waals surface area contributed by atoms with Crippen LogP contribution in [0.5, 0.6) is 0 Å². The highest BCUT2D eigenvalue weighted by Gasteiger charge is 2.28. The Labute approximate surface area is 124 Å². The summed E-state index contributed by atoms with van der Waals surface area (Å²) in [5, 5.41) is 14.3. The van der Waals surface area contributed by atoms with Gasteiger partial charge >= 0.3 is 0 Å². The van der Waals surface area contributed by atoms with Crippen molar-refractivity contribution in [1.29, 1.82) is 0 Å². The molecule has 114 valence electrons. The minimum Gasteiger partial charge on any atom is -0.338 e. The van der Waals surface area contributed by atoms with E-state index < -0.39 is 4.92 Å². The molecule has 0 saturated carbocycles. The smallest absolute Gasteiger partial charge is 0.285 e. The molecule has 1 aromatic rings. The number of nitrogens with one attached hydrogen (secondary N) is 1. The van der Waals surface area contributed by atoms with E-state index in [1.807, 2.05) is 7.05 Å². The summed E-state index contributed by atoms with van der Waals surface area (Å²) >= 11 is 0. The summed E-state index contributed by atoms with van der Waals surface area (Å²) in [7, 11) is 1.92. The molecule has 1 heterocycles. The number of hydrogen-bond donors (Lipinski definition) is 1. The molecule has 1 aromatic carbocycles. The van der Waals surface area contributed by atoms with Crippen LogP contribution in [0.2, 0.25) is 0 Å². The lowest BCUT2D eigenvalue weighted by atomic mass is 9.96. The summed E-state index contributed by atoms with van der Waals surface area (Å²) in [6, 6.07) is 4.91. The molecule has 6 heteroatoms. The topological polar surface area (TPSA) is 75.5 Å². The third-order valence-electron chi connectivity index (χ3n) is 4.05. The first kappa shape index (κ1) is 15.4. The van der Waals surface area contributed by atoms with Crippen molar-refractivity contribution >= 4 is 11.6 Å². The molecule has 1 saturated heterocycles. The zero-order valence-corrected chi connectivity index (χ0v) is 12.5. The van der Waals surface area contributed by atoms with E-state index in [0.717, 1.165) is 19.4 Å². The molecule has 1 aliphatic rings. The second-order valence-corrected chi connectivity index (χ2v) is 5.52. The van der Waals surface area contributed by atoms with Gasteiger partial charge in [0.05, 0.1) is 4.92 Å². The van der Waals surface area contributed by atoms with Crippen LogP contribution in [0.1, 0.15) is 28.8 Å². The van der Waals surface area contributed by atoms with Crippen LogP contribution in [0.3, 0.4) is 0 Å². The first-order valence-electron chi connectivity index (χ1n) is 7.22. The molecular formula is C15H21N3O3. The number of para-hydroxylation sites is 1. The SMILES string of the molecule is CNCC1CCN(C(=O)c2cccc(C)c2[N+](=O)[O-])CC1. The molecule has 6 nitrogen and oxygen atoms in total. The van der Waals surface area contributed by atoms with E-state index in [2.05, 4.69) is 5.32 Å². The van der Waals surface area contributed by atoms with E-state index in [0.29, 0.717) is 24.6 Å². The fourth-order valence-electron chi connectivity index (χ4n) is 2.87. The molecule has 0 spiro atoms. The largest absolute Gasteiger partial charge is 0.338 e. The van der Waals surface area contributed by atoms with Crippen molar-refractivity contribution in [2.45, 2.75) is 19.8 Å². The molecule has 21 heavy (non-hydrogen) atoms. The van der Waals surface area contributed by atoms with Crippen molar-refractivity contribution in [3.05, 3.63) is 39.4 Å². The maximum absolute atomic E-state index is 12.5. The predicted molar refractivity (Wildman–Crippen MR) is 80.4 cm³/mol. The number of nitro benzene ring substituents is 1. The van der Waals surface area contributed by atoms with Gasteiger partial charge in [-0.25, -0.2) is 0 Å². The number of amides is 1. The molecule has 1 aliphatic heterocycles. The van der Waals surface area contributed by atoms with E-state index in [1.165, 1.54) is 0 Å². The monoisotopic (exact) mass is 291 g/mol. The van der Waals surface area contributed by atoms with Gasteiger partial charge in [-0.1, -0.05) is 12.1 Å². The van der Waals surface area contributed by atoms with Crippen LogP contribution < -0.4 is 5.32 Å². The van der Waals surface area contributed by atoms with Gasteiger partial charge in [-0.15, -0.1) is 0 Å². The van der Waals surface area contributed by atoms with Crippen molar-refractivity contribution in [2.75, 3.05) is 26.7 Å². The zero-order chi connectivity index (χ0) is 15.4. The molecule has 0 unspecified atom stereocenters. The van der Waals surface area contributed by atoms with Gasteiger partial charge in [0.25, 0.3) is 11.6 Å². The molecule has 1 N–H and O–H groups in total. The lowest BCUT2D eigenvalue weighted by molar-refractivity contribution is -0.385. The Morgan fingerprint density at radius 1 is 1.43 bits per heavy atom. The number of carbonyl (C=O) groups is 1. The van der Waals surface area contributed by atoms with Crippen molar-refractivity contribution in [3.63, 3.8) is 0 Å². The Kier molecular flexibility index (Phi) is 4.90. The Hall–Kier alpha value is -1.95. The predicted octanol–water partition coefficient (Wildman–Crippen LogP) is 1.97. The highest BCUT2D eigenvalue weighted by atomic mass is 16.6. The van der Waals surface area contributed by atoms with Crippen molar-refractivity contribution in [1.82, 2.24) is 10.2 Å². The van der Waals surface area contributed by atoms with E-state index in [9.17, 15) is 14.9 Å². The molecule has 0 radical (unpaired) electrons. The summed E-state index contributed by atoms with van der Waals surface area (Å²) in [6.45, 7) is 3.94. The third-order valence-corrected chi connectivity index (χ3v) is 4.05. The zero-order valence-electron chi connectivity index (χ0n) is 12.5. The summed E-state index contributed by atoms with van der Waals surface area (Å²) in [5.74, 6) is 0.347. The number of piperidine rings is 1. The van der Waals surface area contributed by atoms with Gasteiger partial charge in [-0.05, 0) is 45.3 Å². The van der Waals surface area contributed by atoms with Gasteiger partial charge in [-0.3, -0.25) is 14.9 Å². The molecule has 1 fully saturated rings. The minimum atomic E-state index is -0.462. The van der Waals surface area contributed by atoms with Crippen LogP contribution in [-0.2, 0) is 0 Å². The summed E-state index contributed by atoms with van der Waals surface area (Å²) in [5.41, 5.74) is 0.655. The number of aryl methyl sites for hydroxylation is 1. The number of likely N-dealkylation sites (tertiary alicyclic amines) is 1. The van der Waals surface area contributed by atoms with Crippen LogP contribution >= 0.6 is 0 Å². The Morgan fingerprint density at radius 2 is 2.10 bits per heavy atom. The van der Waals surface area contributed by atoms with Gasteiger partial charge in [0.15, 0.2) is 0 Å². The average molecular weight is 291 g/mol. The summed E-state index contributed by atoms with van der Waals surface area (Å²) in [4.78, 5) is 25.0. The Bertz CT molecular complexity index is 537. The van der Waals surface area contributed by atoms with E-state index >= 15 is 0 Å². The molecule has 0 aromatic heterocycles. The second-order valence-electron chi connectivity index (χ2n) is 5.52. The van der Waals surface area contributed by atoms with Crippen LogP contribution in [0.4, 0.5) is 5.69 Å². The summed E-state index contributed by atoms with van der Waals surface area (Å²) in [6.07, 6.45) is 1.87. The van der Waals surface area contributed by atoms with Gasteiger partial charge in [0, 0.05) is 18.7 Å². The number of hydrogen-bond acceptors (Lipinski definition) is 4.